The number of benzene rings is 2. The molecule has 0 amide bonds. The lowest BCUT2D eigenvalue weighted by Crippen LogP contribution is -2.16. The average Bonchev–Trinajstić information content (AvgIpc) is 2.98. The Morgan fingerprint density at radius 2 is 1.68 bits per heavy atom. The second kappa shape index (κ2) is 9.50. The molecule has 1 aliphatic heterocycles. The fourth-order valence-corrected chi connectivity index (χ4v) is 4.54. The van der Waals surface area contributed by atoms with Gasteiger partial charge in [-0.2, -0.15) is 13.2 Å². The van der Waals surface area contributed by atoms with Crippen molar-refractivity contribution in [3.8, 4) is 16.8 Å². The van der Waals surface area contributed by atoms with Gasteiger partial charge in [-0.15, -0.1) is 0 Å². The molecular formula is C27H28F3N3O. The molecule has 0 atom stereocenters. The number of hydrogen-bond acceptors (Lipinski definition) is 2. The molecule has 1 aliphatic rings. The van der Waals surface area contributed by atoms with Gasteiger partial charge in [-0.1, -0.05) is 32.0 Å². The van der Waals surface area contributed by atoms with Gasteiger partial charge in [0.1, 0.15) is 0 Å². The molecule has 5 rings (SSSR count). The SMILES string of the molecule is CC.Cn1c2c(c3ccc(-n4ccc(-c5ccc(C(F)(F)F)cc5)cc4=O)cc31)CNCCC2. The minimum absolute atomic E-state index is 0.237. The van der Waals surface area contributed by atoms with E-state index in [2.05, 4.69) is 23.0 Å². The lowest BCUT2D eigenvalue weighted by atomic mass is 10.0. The predicted molar refractivity (Wildman–Crippen MR) is 130 cm³/mol. The average molecular weight is 468 g/mol. The van der Waals surface area contributed by atoms with Crippen LogP contribution in [0.3, 0.4) is 0 Å². The van der Waals surface area contributed by atoms with Gasteiger partial charge in [0.2, 0.25) is 0 Å². The van der Waals surface area contributed by atoms with Crippen molar-refractivity contribution in [1.82, 2.24) is 14.5 Å². The molecule has 178 valence electrons. The van der Waals surface area contributed by atoms with Crippen LogP contribution in [-0.2, 0) is 26.2 Å². The van der Waals surface area contributed by atoms with Crippen LogP contribution in [0.15, 0.2) is 65.6 Å². The number of fused-ring (bicyclic) bond motifs is 3. The number of aryl methyl sites for hydroxylation is 1. The number of halogens is 3. The molecule has 2 aromatic carbocycles. The number of rotatable bonds is 2. The third-order valence-electron chi connectivity index (χ3n) is 6.23. The highest BCUT2D eigenvalue weighted by Gasteiger charge is 2.30. The molecule has 0 unspecified atom stereocenters. The van der Waals surface area contributed by atoms with Crippen LogP contribution in [0.25, 0.3) is 27.7 Å². The molecule has 0 saturated carbocycles. The normalized spacial score (nSPS) is 13.7. The van der Waals surface area contributed by atoms with Gasteiger partial charge in [0.15, 0.2) is 0 Å². The smallest absolute Gasteiger partial charge is 0.347 e. The molecule has 0 radical (unpaired) electrons. The van der Waals surface area contributed by atoms with E-state index >= 15 is 0 Å². The molecule has 0 spiro atoms. The van der Waals surface area contributed by atoms with Crippen LogP contribution in [-0.4, -0.2) is 15.7 Å². The van der Waals surface area contributed by atoms with E-state index in [4.69, 9.17) is 0 Å². The van der Waals surface area contributed by atoms with Gasteiger partial charge in [-0.3, -0.25) is 9.36 Å². The third kappa shape index (κ3) is 4.40. The first-order valence-corrected chi connectivity index (χ1v) is 11.5. The van der Waals surface area contributed by atoms with E-state index in [-0.39, 0.29) is 5.56 Å². The lowest BCUT2D eigenvalue weighted by molar-refractivity contribution is -0.137. The van der Waals surface area contributed by atoms with Gasteiger partial charge in [0.05, 0.1) is 16.8 Å². The maximum absolute atomic E-state index is 12.9. The van der Waals surface area contributed by atoms with Gasteiger partial charge < -0.3 is 9.88 Å². The molecule has 0 saturated heterocycles. The second-order valence-electron chi connectivity index (χ2n) is 8.16. The summed E-state index contributed by atoms with van der Waals surface area (Å²) in [6.07, 6.45) is -0.600. The second-order valence-corrected chi connectivity index (χ2v) is 8.16. The maximum Gasteiger partial charge on any atom is 0.416 e. The van der Waals surface area contributed by atoms with Gasteiger partial charge in [0.25, 0.3) is 5.56 Å². The standard InChI is InChI=1S/C25H22F3N3O.C2H6/c1-30-22-3-2-11-29-15-21(22)20-9-8-19(14-23(20)30)31-12-10-17(13-24(31)32)16-4-6-18(7-5-16)25(26,27)28;1-2/h4-10,12-14,29H,2-3,11,15H2,1H3;1-2H3. The molecule has 0 fully saturated rings. The lowest BCUT2D eigenvalue weighted by Gasteiger charge is -2.10. The first-order valence-electron chi connectivity index (χ1n) is 11.5. The Balaban J connectivity index is 0.00000133. The summed E-state index contributed by atoms with van der Waals surface area (Å²) in [5, 5.41) is 4.66. The summed E-state index contributed by atoms with van der Waals surface area (Å²) in [6.45, 7) is 5.85. The first-order chi connectivity index (χ1) is 16.3. The zero-order valence-corrected chi connectivity index (χ0v) is 19.5. The van der Waals surface area contributed by atoms with E-state index in [1.54, 1.807) is 16.8 Å². The van der Waals surface area contributed by atoms with Crippen molar-refractivity contribution in [3.63, 3.8) is 0 Å². The summed E-state index contributed by atoms with van der Waals surface area (Å²) in [4.78, 5) is 12.9. The van der Waals surface area contributed by atoms with Crippen molar-refractivity contribution >= 4 is 10.9 Å². The molecule has 1 N–H and O–H groups in total. The number of nitrogens with zero attached hydrogens (tertiary/aromatic N) is 2. The third-order valence-corrected chi connectivity index (χ3v) is 6.23. The molecule has 3 heterocycles. The highest BCUT2D eigenvalue weighted by atomic mass is 19.4. The van der Waals surface area contributed by atoms with E-state index in [0.717, 1.165) is 49.3 Å². The Morgan fingerprint density at radius 3 is 2.35 bits per heavy atom. The van der Waals surface area contributed by atoms with Crippen molar-refractivity contribution in [3.05, 3.63) is 88.0 Å². The molecule has 4 aromatic rings. The number of pyridine rings is 1. The van der Waals surface area contributed by atoms with Crippen LogP contribution in [0.1, 0.15) is 37.1 Å². The van der Waals surface area contributed by atoms with Crippen molar-refractivity contribution < 1.29 is 13.2 Å². The minimum atomic E-state index is -4.38. The van der Waals surface area contributed by atoms with Crippen LogP contribution < -0.4 is 10.9 Å². The van der Waals surface area contributed by atoms with E-state index in [1.165, 1.54) is 34.8 Å². The molecule has 34 heavy (non-hydrogen) atoms. The van der Waals surface area contributed by atoms with Crippen molar-refractivity contribution in [2.45, 2.75) is 39.4 Å². The topological polar surface area (TPSA) is 39.0 Å². The Morgan fingerprint density at radius 1 is 0.941 bits per heavy atom. The van der Waals surface area contributed by atoms with Crippen LogP contribution >= 0.6 is 0 Å². The monoisotopic (exact) mass is 467 g/mol. The Bertz CT molecular complexity index is 1370. The Labute approximate surface area is 196 Å². The molecular weight excluding hydrogens is 439 g/mol. The van der Waals surface area contributed by atoms with Crippen LogP contribution in [0.4, 0.5) is 13.2 Å². The summed E-state index contributed by atoms with van der Waals surface area (Å²) >= 11 is 0. The summed E-state index contributed by atoms with van der Waals surface area (Å²) in [7, 11) is 2.06. The molecule has 4 nitrogen and oxygen atoms in total. The fourth-order valence-electron chi connectivity index (χ4n) is 4.54. The zero-order valence-electron chi connectivity index (χ0n) is 19.5. The molecule has 7 heteroatoms. The van der Waals surface area contributed by atoms with Crippen LogP contribution in [0, 0.1) is 0 Å². The van der Waals surface area contributed by atoms with E-state index < -0.39 is 11.7 Å². The summed E-state index contributed by atoms with van der Waals surface area (Å²) in [5.41, 5.74) is 4.68. The Hall–Kier alpha value is -3.32. The van der Waals surface area contributed by atoms with Crippen molar-refractivity contribution in [2.75, 3.05) is 6.54 Å². The van der Waals surface area contributed by atoms with E-state index in [1.807, 2.05) is 26.0 Å². The number of alkyl halides is 3. The predicted octanol–water partition coefficient (Wildman–Crippen LogP) is 6.08. The van der Waals surface area contributed by atoms with Crippen LogP contribution in [0.2, 0.25) is 0 Å². The van der Waals surface area contributed by atoms with E-state index in [9.17, 15) is 18.0 Å². The fraction of sp³-hybridized carbons (Fsp3) is 0.296. The van der Waals surface area contributed by atoms with Gasteiger partial charge in [0, 0.05) is 36.9 Å². The summed E-state index contributed by atoms with van der Waals surface area (Å²) in [5.74, 6) is 0. The van der Waals surface area contributed by atoms with Gasteiger partial charge in [-0.25, -0.2) is 0 Å². The van der Waals surface area contributed by atoms with Gasteiger partial charge >= 0.3 is 6.18 Å². The minimum Gasteiger partial charge on any atom is -0.347 e. The summed E-state index contributed by atoms with van der Waals surface area (Å²) in [6, 6.07) is 14.1. The number of aromatic nitrogens is 2. The summed E-state index contributed by atoms with van der Waals surface area (Å²) < 4.78 is 42.2. The van der Waals surface area contributed by atoms with Gasteiger partial charge in [-0.05, 0) is 66.4 Å². The van der Waals surface area contributed by atoms with E-state index in [0.29, 0.717) is 11.1 Å². The van der Waals surface area contributed by atoms with Crippen LogP contribution in [0.5, 0.6) is 0 Å². The number of nitrogens with one attached hydrogen (secondary N) is 1. The maximum atomic E-state index is 12.9. The quantitative estimate of drug-likeness (QED) is 0.388. The zero-order chi connectivity index (χ0) is 24.5. The number of hydrogen-bond donors (Lipinski definition) is 1. The molecule has 0 bridgehead atoms. The highest BCUT2D eigenvalue weighted by Crippen LogP contribution is 2.31. The molecule has 0 aliphatic carbocycles. The largest absolute Gasteiger partial charge is 0.416 e. The van der Waals surface area contributed by atoms with Crippen molar-refractivity contribution in [2.24, 2.45) is 7.05 Å². The molecule has 2 aromatic heterocycles. The highest BCUT2D eigenvalue weighted by molar-refractivity contribution is 5.87. The van der Waals surface area contributed by atoms with Crippen molar-refractivity contribution in [1.29, 1.82) is 0 Å². The Kier molecular flexibility index (Phi) is 6.66. The first kappa shape index (κ1) is 23.8.